The summed E-state index contributed by atoms with van der Waals surface area (Å²) in [6.45, 7) is 3.67. The summed E-state index contributed by atoms with van der Waals surface area (Å²) in [4.78, 5) is 29.8. The summed E-state index contributed by atoms with van der Waals surface area (Å²) in [5, 5.41) is 7.83. The van der Waals surface area contributed by atoms with Gasteiger partial charge in [0.15, 0.2) is 17.1 Å². The lowest BCUT2D eigenvalue weighted by molar-refractivity contribution is 0.221. The quantitative estimate of drug-likeness (QED) is 0.540. The average Bonchev–Trinajstić information content (AvgIpc) is 3.40. The standard InChI is InChI=1S/C20H22N8O/c29-20-25-18-19(28(20)11-10-27-8-2-1-3-9-27)24-16(12-21-18)14-4-6-15(7-5-14)17-22-13-23-26-17/h4-7,12-13H,1-3,8-11H2,(H,21,25,29)(H,22,23,26). The molecule has 3 aromatic heterocycles. The number of hydrogen-bond acceptors (Lipinski definition) is 6. The molecule has 0 amide bonds. The molecule has 2 N–H and O–H groups in total. The Hall–Kier alpha value is -3.33. The van der Waals surface area contributed by atoms with Crippen molar-refractivity contribution in [2.45, 2.75) is 25.8 Å². The highest BCUT2D eigenvalue weighted by Crippen LogP contribution is 2.22. The lowest BCUT2D eigenvalue weighted by Crippen LogP contribution is -2.34. The van der Waals surface area contributed by atoms with Crippen molar-refractivity contribution >= 4 is 11.3 Å². The fourth-order valence-corrected chi connectivity index (χ4v) is 3.84. The number of benzene rings is 1. The van der Waals surface area contributed by atoms with Crippen LogP contribution in [0.3, 0.4) is 0 Å². The van der Waals surface area contributed by atoms with Crippen molar-refractivity contribution in [3.05, 3.63) is 47.3 Å². The van der Waals surface area contributed by atoms with Crippen LogP contribution in [0.2, 0.25) is 0 Å². The number of fused-ring (bicyclic) bond motifs is 1. The zero-order valence-corrected chi connectivity index (χ0v) is 16.0. The van der Waals surface area contributed by atoms with Gasteiger partial charge in [0, 0.05) is 24.2 Å². The van der Waals surface area contributed by atoms with Crippen LogP contribution in [-0.2, 0) is 6.54 Å². The minimum atomic E-state index is -0.158. The van der Waals surface area contributed by atoms with Crippen LogP contribution in [-0.4, -0.2) is 59.2 Å². The van der Waals surface area contributed by atoms with Gasteiger partial charge in [0.2, 0.25) is 0 Å². The van der Waals surface area contributed by atoms with Crippen LogP contribution in [0, 0.1) is 0 Å². The summed E-state index contributed by atoms with van der Waals surface area (Å²) in [7, 11) is 0. The van der Waals surface area contributed by atoms with E-state index in [0.717, 1.165) is 42.3 Å². The number of aromatic nitrogens is 7. The molecule has 5 rings (SSSR count). The molecule has 0 saturated carbocycles. The average molecular weight is 390 g/mol. The van der Waals surface area contributed by atoms with Crippen molar-refractivity contribution in [2.75, 3.05) is 19.6 Å². The van der Waals surface area contributed by atoms with E-state index in [9.17, 15) is 4.79 Å². The fourth-order valence-electron chi connectivity index (χ4n) is 3.84. The number of aromatic amines is 2. The Morgan fingerprint density at radius 3 is 2.55 bits per heavy atom. The highest BCUT2D eigenvalue weighted by atomic mass is 16.1. The Kier molecular flexibility index (Phi) is 4.65. The van der Waals surface area contributed by atoms with Gasteiger partial charge in [-0.05, 0) is 25.9 Å². The maximum absolute atomic E-state index is 12.4. The first kappa shape index (κ1) is 17.7. The molecule has 0 spiro atoms. The Balaban J connectivity index is 1.42. The Labute approximate surface area is 166 Å². The molecule has 1 aromatic carbocycles. The van der Waals surface area contributed by atoms with Crippen LogP contribution in [0.4, 0.5) is 0 Å². The van der Waals surface area contributed by atoms with Crippen LogP contribution in [0.1, 0.15) is 19.3 Å². The summed E-state index contributed by atoms with van der Waals surface area (Å²) < 4.78 is 1.70. The smallest absolute Gasteiger partial charge is 0.328 e. The first-order chi connectivity index (χ1) is 14.3. The van der Waals surface area contributed by atoms with Gasteiger partial charge < -0.3 is 9.88 Å². The monoisotopic (exact) mass is 390 g/mol. The number of nitrogens with one attached hydrogen (secondary N) is 2. The number of nitrogens with zero attached hydrogens (tertiary/aromatic N) is 6. The van der Waals surface area contributed by atoms with Gasteiger partial charge in [-0.3, -0.25) is 9.55 Å². The number of rotatable bonds is 5. The molecule has 29 heavy (non-hydrogen) atoms. The third-order valence-corrected chi connectivity index (χ3v) is 5.44. The number of likely N-dealkylation sites (tertiary alicyclic amines) is 1. The summed E-state index contributed by atoms with van der Waals surface area (Å²) in [5.74, 6) is 0.718. The Morgan fingerprint density at radius 2 is 1.79 bits per heavy atom. The van der Waals surface area contributed by atoms with E-state index in [1.165, 1.54) is 19.3 Å². The molecule has 1 aliphatic rings. The third kappa shape index (κ3) is 3.56. The summed E-state index contributed by atoms with van der Waals surface area (Å²) >= 11 is 0. The molecule has 9 heteroatoms. The lowest BCUT2D eigenvalue weighted by atomic mass is 10.1. The van der Waals surface area contributed by atoms with Gasteiger partial charge in [0.05, 0.1) is 11.9 Å². The van der Waals surface area contributed by atoms with Crippen molar-refractivity contribution in [1.29, 1.82) is 0 Å². The summed E-state index contributed by atoms with van der Waals surface area (Å²) in [6, 6.07) is 7.86. The molecule has 1 aliphatic heterocycles. The van der Waals surface area contributed by atoms with Gasteiger partial charge in [-0.2, -0.15) is 0 Å². The first-order valence-corrected chi connectivity index (χ1v) is 9.93. The maximum atomic E-state index is 12.4. The zero-order valence-electron chi connectivity index (χ0n) is 16.0. The number of hydrogen-bond donors (Lipinski definition) is 2. The van der Waals surface area contributed by atoms with E-state index in [1.54, 1.807) is 17.1 Å². The Bertz CT molecular complexity index is 1150. The summed E-state index contributed by atoms with van der Waals surface area (Å²) in [6.07, 6.45) is 7.01. The maximum Gasteiger partial charge on any atom is 0.328 e. The molecule has 1 saturated heterocycles. The van der Waals surface area contributed by atoms with Crippen LogP contribution in [0.25, 0.3) is 33.9 Å². The van der Waals surface area contributed by atoms with Gasteiger partial charge in [0.1, 0.15) is 6.33 Å². The molecule has 0 aliphatic carbocycles. The van der Waals surface area contributed by atoms with Gasteiger partial charge in [-0.15, -0.1) is 10.2 Å². The molecule has 0 bridgehead atoms. The van der Waals surface area contributed by atoms with Crippen LogP contribution in [0.15, 0.2) is 41.6 Å². The van der Waals surface area contributed by atoms with E-state index in [2.05, 4.69) is 30.0 Å². The Morgan fingerprint density at radius 1 is 1.00 bits per heavy atom. The minimum Gasteiger partial charge on any atom is -0.328 e. The van der Waals surface area contributed by atoms with Crippen molar-refractivity contribution in [3.63, 3.8) is 0 Å². The molecule has 4 aromatic rings. The lowest BCUT2D eigenvalue weighted by Gasteiger charge is -2.26. The molecule has 0 radical (unpaired) electrons. The fraction of sp³-hybridized carbons (Fsp3) is 0.350. The highest BCUT2D eigenvalue weighted by molar-refractivity contribution is 5.72. The molecule has 1 fully saturated rings. The molecule has 0 unspecified atom stereocenters. The molecule has 0 atom stereocenters. The SMILES string of the molecule is O=c1[nH]c2ncc(-c3ccc(-c4nnc[nH]4)cc3)nc2n1CCN1CCCCC1. The van der Waals surface area contributed by atoms with E-state index in [1.807, 2.05) is 24.3 Å². The number of imidazole rings is 1. The normalized spacial score (nSPS) is 15.2. The third-order valence-electron chi connectivity index (χ3n) is 5.44. The highest BCUT2D eigenvalue weighted by Gasteiger charge is 2.14. The molecule has 4 heterocycles. The summed E-state index contributed by atoms with van der Waals surface area (Å²) in [5.41, 5.74) is 3.57. The van der Waals surface area contributed by atoms with Crippen molar-refractivity contribution in [2.24, 2.45) is 0 Å². The van der Waals surface area contributed by atoms with Gasteiger partial charge in [-0.25, -0.2) is 14.8 Å². The second-order valence-corrected chi connectivity index (χ2v) is 7.33. The van der Waals surface area contributed by atoms with E-state index in [4.69, 9.17) is 4.98 Å². The van der Waals surface area contributed by atoms with Gasteiger partial charge in [-0.1, -0.05) is 30.7 Å². The van der Waals surface area contributed by atoms with Crippen molar-refractivity contribution in [1.82, 2.24) is 39.6 Å². The number of piperidine rings is 1. The van der Waals surface area contributed by atoms with E-state index in [-0.39, 0.29) is 5.69 Å². The van der Waals surface area contributed by atoms with E-state index in [0.29, 0.717) is 17.8 Å². The van der Waals surface area contributed by atoms with Crippen molar-refractivity contribution < 1.29 is 0 Å². The second kappa shape index (κ2) is 7.59. The van der Waals surface area contributed by atoms with Crippen molar-refractivity contribution in [3.8, 4) is 22.6 Å². The minimum absolute atomic E-state index is 0.158. The first-order valence-electron chi connectivity index (χ1n) is 9.93. The predicted molar refractivity (Wildman–Crippen MR) is 109 cm³/mol. The molecule has 148 valence electrons. The number of H-pyrrole nitrogens is 2. The molecule has 9 nitrogen and oxygen atoms in total. The predicted octanol–water partition coefficient (Wildman–Crippen LogP) is 2.06. The molecular weight excluding hydrogens is 368 g/mol. The molecular formula is C20H22N8O. The second-order valence-electron chi connectivity index (χ2n) is 7.33. The topological polar surface area (TPSA) is 108 Å². The zero-order chi connectivity index (χ0) is 19.6. The van der Waals surface area contributed by atoms with Gasteiger partial charge >= 0.3 is 5.69 Å². The van der Waals surface area contributed by atoms with Crippen LogP contribution in [0.5, 0.6) is 0 Å². The van der Waals surface area contributed by atoms with E-state index >= 15 is 0 Å². The van der Waals surface area contributed by atoms with Crippen LogP contribution >= 0.6 is 0 Å². The van der Waals surface area contributed by atoms with Gasteiger partial charge in [0.25, 0.3) is 0 Å². The van der Waals surface area contributed by atoms with E-state index < -0.39 is 0 Å². The van der Waals surface area contributed by atoms with Crippen LogP contribution < -0.4 is 5.69 Å². The largest absolute Gasteiger partial charge is 0.328 e.